The molecule has 0 saturated heterocycles. The summed E-state index contributed by atoms with van der Waals surface area (Å²) in [7, 11) is 0. The first kappa shape index (κ1) is 22.2. The molecule has 0 aliphatic heterocycles. The molecule has 5 nitrogen and oxygen atoms in total. The third-order valence-corrected chi connectivity index (χ3v) is 5.05. The predicted octanol–water partition coefficient (Wildman–Crippen LogP) is 4.45. The molecule has 160 valence electrons. The van der Waals surface area contributed by atoms with Crippen LogP contribution in [0.4, 0.5) is 5.69 Å². The van der Waals surface area contributed by atoms with Gasteiger partial charge < -0.3 is 10.1 Å². The van der Waals surface area contributed by atoms with E-state index < -0.39 is 5.54 Å². The highest BCUT2D eigenvalue weighted by Crippen LogP contribution is 2.27. The highest BCUT2D eigenvalue weighted by Gasteiger charge is 2.35. The molecular weight excluding hydrogens is 388 g/mol. The Morgan fingerprint density at radius 1 is 0.871 bits per heavy atom. The zero-order valence-electron chi connectivity index (χ0n) is 17.9. The summed E-state index contributed by atoms with van der Waals surface area (Å²) in [6.45, 7) is 3.80. The smallest absolute Gasteiger partial charge is 0.326 e. The van der Waals surface area contributed by atoms with Crippen molar-refractivity contribution in [2.75, 3.05) is 18.5 Å². The number of para-hydroxylation sites is 1. The molecule has 1 amide bonds. The van der Waals surface area contributed by atoms with Gasteiger partial charge in [0.25, 0.3) is 0 Å². The van der Waals surface area contributed by atoms with Crippen LogP contribution in [0.2, 0.25) is 0 Å². The zero-order chi connectivity index (χ0) is 22.1. The summed E-state index contributed by atoms with van der Waals surface area (Å²) >= 11 is 0. The van der Waals surface area contributed by atoms with Crippen LogP contribution in [0, 0.1) is 0 Å². The summed E-state index contributed by atoms with van der Waals surface area (Å²) in [6, 6.07) is 27.2. The second kappa shape index (κ2) is 10.5. The molecule has 3 aromatic carbocycles. The minimum Gasteiger partial charge on any atom is -0.465 e. The lowest BCUT2D eigenvalue weighted by Gasteiger charge is -2.28. The van der Waals surface area contributed by atoms with Crippen molar-refractivity contribution in [1.82, 2.24) is 5.32 Å². The van der Waals surface area contributed by atoms with Gasteiger partial charge in [-0.05, 0) is 31.0 Å². The first-order chi connectivity index (χ1) is 15.0. The van der Waals surface area contributed by atoms with Gasteiger partial charge in [-0.25, -0.2) is 0 Å². The van der Waals surface area contributed by atoms with E-state index in [1.807, 2.05) is 84.9 Å². The van der Waals surface area contributed by atoms with Gasteiger partial charge in [0.2, 0.25) is 5.91 Å². The van der Waals surface area contributed by atoms with Crippen LogP contribution in [0.3, 0.4) is 0 Å². The minimum atomic E-state index is -1.02. The molecular formula is C26H28N2O3. The van der Waals surface area contributed by atoms with E-state index in [4.69, 9.17) is 4.74 Å². The Balaban J connectivity index is 1.71. The van der Waals surface area contributed by atoms with Gasteiger partial charge in [0.15, 0.2) is 0 Å². The standard InChI is InChI=1S/C26H28N2O3/c1-3-31-25(30)26(2,18-20-12-6-4-7-13-20)27-19-24(29)28-23-17-11-10-16-22(23)21-14-8-5-9-15-21/h4-17,27H,3,18-19H2,1-2H3,(H,28,29)/t26-/m1/s1. The highest BCUT2D eigenvalue weighted by molar-refractivity contribution is 5.97. The molecule has 0 fully saturated rings. The molecule has 0 spiro atoms. The molecule has 3 aromatic rings. The first-order valence-electron chi connectivity index (χ1n) is 10.4. The summed E-state index contributed by atoms with van der Waals surface area (Å²) in [5, 5.41) is 6.08. The molecule has 0 aliphatic carbocycles. The Labute approximate surface area is 183 Å². The summed E-state index contributed by atoms with van der Waals surface area (Å²) in [5.74, 6) is -0.608. The van der Waals surface area contributed by atoms with Gasteiger partial charge in [-0.15, -0.1) is 0 Å². The number of anilines is 1. The molecule has 1 atom stereocenters. The Hall–Kier alpha value is -3.44. The van der Waals surface area contributed by atoms with Gasteiger partial charge in [0, 0.05) is 17.7 Å². The van der Waals surface area contributed by atoms with Crippen LogP contribution in [0.1, 0.15) is 19.4 Å². The van der Waals surface area contributed by atoms with Crippen LogP contribution < -0.4 is 10.6 Å². The van der Waals surface area contributed by atoms with Gasteiger partial charge in [-0.3, -0.25) is 14.9 Å². The molecule has 0 saturated carbocycles. The number of hydrogen-bond donors (Lipinski definition) is 2. The van der Waals surface area contributed by atoms with Crippen molar-refractivity contribution in [3.8, 4) is 11.1 Å². The minimum absolute atomic E-state index is 0.0225. The van der Waals surface area contributed by atoms with Crippen molar-refractivity contribution in [3.05, 3.63) is 90.5 Å². The summed E-state index contributed by atoms with van der Waals surface area (Å²) < 4.78 is 5.27. The lowest BCUT2D eigenvalue weighted by molar-refractivity contribution is -0.150. The molecule has 0 heterocycles. The maximum Gasteiger partial charge on any atom is 0.326 e. The SMILES string of the molecule is CCOC(=O)[C@@](C)(Cc1ccccc1)NCC(=O)Nc1ccccc1-c1ccccc1. The second-order valence-corrected chi connectivity index (χ2v) is 7.53. The zero-order valence-corrected chi connectivity index (χ0v) is 17.9. The quantitative estimate of drug-likeness (QED) is 0.506. The van der Waals surface area contributed by atoms with Crippen LogP contribution >= 0.6 is 0 Å². The molecule has 5 heteroatoms. The van der Waals surface area contributed by atoms with E-state index in [9.17, 15) is 9.59 Å². The average Bonchev–Trinajstić information content (AvgIpc) is 2.79. The summed E-state index contributed by atoms with van der Waals surface area (Å²) in [6.07, 6.45) is 0.417. The van der Waals surface area contributed by atoms with Crippen LogP contribution in [0.5, 0.6) is 0 Å². The number of amides is 1. The van der Waals surface area contributed by atoms with Gasteiger partial charge in [0.05, 0.1) is 13.2 Å². The topological polar surface area (TPSA) is 67.4 Å². The van der Waals surface area contributed by atoms with E-state index in [-0.39, 0.29) is 25.0 Å². The van der Waals surface area contributed by atoms with Crippen molar-refractivity contribution >= 4 is 17.6 Å². The lowest BCUT2D eigenvalue weighted by atomic mass is 9.92. The molecule has 0 bridgehead atoms. The summed E-state index contributed by atoms with van der Waals surface area (Å²) in [5.41, 5.74) is 2.65. The molecule has 0 aromatic heterocycles. The highest BCUT2D eigenvalue weighted by atomic mass is 16.5. The predicted molar refractivity (Wildman–Crippen MR) is 124 cm³/mol. The Bertz CT molecular complexity index is 1010. The normalized spacial score (nSPS) is 12.6. The van der Waals surface area contributed by atoms with Crippen LogP contribution in [-0.4, -0.2) is 30.6 Å². The molecule has 31 heavy (non-hydrogen) atoms. The monoisotopic (exact) mass is 416 g/mol. The Kier molecular flexibility index (Phi) is 7.57. The van der Waals surface area contributed by atoms with Crippen molar-refractivity contribution in [3.63, 3.8) is 0 Å². The van der Waals surface area contributed by atoms with E-state index >= 15 is 0 Å². The molecule has 2 N–H and O–H groups in total. The Morgan fingerprint density at radius 2 is 1.48 bits per heavy atom. The van der Waals surface area contributed by atoms with Gasteiger partial charge in [0.1, 0.15) is 5.54 Å². The number of benzene rings is 3. The van der Waals surface area contributed by atoms with Gasteiger partial charge >= 0.3 is 5.97 Å². The maximum atomic E-state index is 12.7. The van der Waals surface area contributed by atoms with Crippen LogP contribution in [-0.2, 0) is 20.7 Å². The van der Waals surface area contributed by atoms with E-state index in [2.05, 4.69) is 10.6 Å². The number of rotatable bonds is 9. The molecule has 0 radical (unpaired) electrons. The maximum absolute atomic E-state index is 12.7. The van der Waals surface area contributed by atoms with Crippen LogP contribution in [0.25, 0.3) is 11.1 Å². The number of carbonyl (C=O) groups is 2. The van der Waals surface area contributed by atoms with E-state index in [0.29, 0.717) is 6.42 Å². The summed E-state index contributed by atoms with van der Waals surface area (Å²) in [4.78, 5) is 25.4. The number of esters is 1. The third-order valence-electron chi connectivity index (χ3n) is 5.05. The fraction of sp³-hybridized carbons (Fsp3) is 0.231. The number of hydrogen-bond acceptors (Lipinski definition) is 4. The first-order valence-corrected chi connectivity index (χ1v) is 10.4. The van der Waals surface area contributed by atoms with E-state index in [0.717, 1.165) is 22.4 Å². The van der Waals surface area contributed by atoms with Crippen LogP contribution in [0.15, 0.2) is 84.9 Å². The number of nitrogens with one attached hydrogen (secondary N) is 2. The number of ether oxygens (including phenoxy) is 1. The Morgan fingerprint density at radius 3 is 2.16 bits per heavy atom. The van der Waals surface area contributed by atoms with Crippen molar-refractivity contribution in [1.29, 1.82) is 0 Å². The van der Waals surface area contributed by atoms with Crippen molar-refractivity contribution in [2.45, 2.75) is 25.8 Å². The van der Waals surface area contributed by atoms with Gasteiger partial charge in [-0.1, -0.05) is 78.9 Å². The second-order valence-electron chi connectivity index (χ2n) is 7.53. The molecule has 0 aliphatic rings. The number of carbonyl (C=O) groups excluding carboxylic acids is 2. The van der Waals surface area contributed by atoms with Crippen molar-refractivity contribution < 1.29 is 14.3 Å². The third kappa shape index (κ3) is 6.03. The molecule has 3 rings (SSSR count). The van der Waals surface area contributed by atoms with Crippen molar-refractivity contribution in [2.24, 2.45) is 0 Å². The molecule has 0 unspecified atom stereocenters. The van der Waals surface area contributed by atoms with E-state index in [1.165, 1.54) is 0 Å². The average molecular weight is 417 g/mol. The van der Waals surface area contributed by atoms with E-state index in [1.54, 1.807) is 13.8 Å². The largest absolute Gasteiger partial charge is 0.465 e. The lowest BCUT2D eigenvalue weighted by Crippen LogP contribution is -2.54. The van der Waals surface area contributed by atoms with Gasteiger partial charge in [-0.2, -0.15) is 0 Å². The fourth-order valence-corrected chi connectivity index (χ4v) is 3.43. The fourth-order valence-electron chi connectivity index (χ4n) is 3.43.